The van der Waals surface area contributed by atoms with Gasteiger partial charge in [-0.25, -0.2) is 4.98 Å². The molecule has 3 heteroatoms. The van der Waals surface area contributed by atoms with E-state index in [-0.39, 0.29) is 5.78 Å². The number of rotatable bonds is 3. The summed E-state index contributed by atoms with van der Waals surface area (Å²) >= 11 is 0. The third-order valence-electron chi connectivity index (χ3n) is 3.00. The maximum atomic E-state index is 12.3. The molecular formula is C14H16N2O. The Kier molecular flexibility index (Phi) is 3.09. The van der Waals surface area contributed by atoms with Crippen LogP contribution in [0, 0.1) is 13.8 Å². The van der Waals surface area contributed by atoms with Gasteiger partial charge in [0.2, 0.25) is 0 Å². The summed E-state index contributed by atoms with van der Waals surface area (Å²) in [6.45, 7) is 3.94. The molecule has 0 atom stereocenters. The molecule has 1 aromatic carbocycles. The first kappa shape index (κ1) is 11.6. The molecule has 3 nitrogen and oxygen atoms in total. The van der Waals surface area contributed by atoms with Crippen molar-refractivity contribution in [1.82, 2.24) is 9.55 Å². The topological polar surface area (TPSA) is 34.9 Å². The molecule has 0 spiro atoms. The van der Waals surface area contributed by atoms with Crippen molar-refractivity contribution in [3.8, 4) is 0 Å². The second-order valence-corrected chi connectivity index (χ2v) is 4.32. The molecule has 0 saturated carbocycles. The van der Waals surface area contributed by atoms with Gasteiger partial charge in [0.15, 0.2) is 5.78 Å². The molecule has 0 saturated heterocycles. The number of ketones is 1. The van der Waals surface area contributed by atoms with Crippen molar-refractivity contribution in [2.45, 2.75) is 20.3 Å². The Morgan fingerprint density at radius 3 is 2.47 bits per heavy atom. The van der Waals surface area contributed by atoms with E-state index in [0.29, 0.717) is 6.42 Å². The third-order valence-corrected chi connectivity index (χ3v) is 3.00. The summed E-state index contributed by atoms with van der Waals surface area (Å²) in [6.07, 6.45) is 3.93. The zero-order chi connectivity index (χ0) is 12.4. The summed E-state index contributed by atoms with van der Waals surface area (Å²) in [6, 6.07) is 5.92. The van der Waals surface area contributed by atoms with Crippen LogP contribution in [0.5, 0.6) is 0 Å². The highest BCUT2D eigenvalue weighted by atomic mass is 16.1. The molecule has 0 fully saturated rings. The minimum atomic E-state index is 0.134. The molecule has 0 bridgehead atoms. The van der Waals surface area contributed by atoms with E-state index < -0.39 is 0 Å². The quantitative estimate of drug-likeness (QED) is 0.756. The molecule has 0 amide bonds. The molecule has 0 aliphatic rings. The van der Waals surface area contributed by atoms with Gasteiger partial charge in [0.25, 0.3) is 0 Å². The van der Waals surface area contributed by atoms with E-state index >= 15 is 0 Å². The van der Waals surface area contributed by atoms with Crippen LogP contribution in [0.3, 0.4) is 0 Å². The third kappa shape index (κ3) is 2.28. The zero-order valence-corrected chi connectivity index (χ0v) is 10.4. The molecule has 17 heavy (non-hydrogen) atoms. The van der Waals surface area contributed by atoms with Crippen molar-refractivity contribution in [3.05, 3.63) is 53.1 Å². The summed E-state index contributed by atoms with van der Waals surface area (Å²) in [5, 5.41) is 0. The number of benzene rings is 1. The molecule has 88 valence electrons. The van der Waals surface area contributed by atoms with Crippen molar-refractivity contribution in [2.75, 3.05) is 0 Å². The van der Waals surface area contributed by atoms with Gasteiger partial charge in [-0.2, -0.15) is 0 Å². The number of carbonyl (C=O) groups excluding carboxylic acids is 1. The molecule has 0 aliphatic carbocycles. The van der Waals surface area contributed by atoms with Crippen molar-refractivity contribution in [1.29, 1.82) is 0 Å². The van der Waals surface area contributed by atoms with E-state index in [1.807, 2.05) is 49.9 Å². The lowest BCUT2D eigenvalue weighted by Gasteiger charge is -2.08. The van der Waals surface area contributed by atoms with Crippen molar-refractivity contribution >= 4 is 5.78 Å². The van der Waals surface area contributed by atoms with E-state index in [1.54, 1.807) is 6.20 Å². The summed E-state index contributed by atoms with van der Waals surface area (Å²) in [4.78, 5) is 16.4. The number of hydrogen-bond acceptors (Lipinski definition) is 2. The first-order valence-electron chi connectivity index (χ1n) is 5.65. The molecule has 1 heterocycles. The average molecular weight is 228 g/mol. The van der Waals surface area contributed by atoms with Gasteiger partial charge in [-0.1, -0.05) is 18.2 Å². The van der Waals surface area contributed by atoms with Crippen LogP contribution in [0.2, 0.25) is 0 Å². The second-order valence-electron chi connectivity index (χ2n) is 4.32. The predicted molar refractivity (Wildman–Crippen MR) is 67.2 cm³/mol. The Labute approximate surface area is 101 Å². The molecular weight excluding hydrogens is 212 g/mol. The normalized spacial score (nSPS) is 10.5. The fourth-order valence-electron chi connectivity index (χ4n) is 2.05. The monoisotopic (exact) mass is 228 g/mol. The van der Waals surface area contributed by atoms with Crippen molar-refractivity contribution in [2.24, 2.45) is 7.05 Å². The maximum Gasteiger partial charge on any atom is 0.170 e. The number of imidazole rings is 1. The van der Waals surface area contributed by atoms with Crippen LogP contribution < -0.4 is 0 Å². The van der Waals surface area contributed by atoms with E-state index in [0.717, 1.165) is 22.5 Å². The van der Waals surface area contributed by atoms with Crippen LogP contribution in [0.15, 0.2) is 30.6 Å². The Balaban J connectivity index is 2.30. The number of carbonyl (C=O) groups is 1. The fraction of sp³-hybridized carbons (Fsp3) is 0.286. The Bertz CT molecular complexity index is 535. The van der Waals surface area contributed by atoms with E-state index in [4.69, 9.17) is 0 Å². The van der Waals surface area contributed by atoms with Gasteiger partial charge in [0, 0.05) is 25.0 Å². The molecule has 2 aromatic rings. The first-order chi connectivity index (χ1) is 8.09. The van der Waals surface area contributed by atoms with Gasteiger partial charge in [-0.3, -0.25) is 4.79 Å². The number of nitrogens with zero attached hydrogens (tertiary/aromatic N) is 2. The Morgan fingerprint density at radius 2 is 1.94 bits per heavy atom. The van der Waals surface area contributed by atoms with Gasteiger partial charge in [-0.05, 0) is 25.0 Å². The van der Waals surface area contributed by atoms with Crippen LogP contribution in [-0.4, -0.2) is 15.3 Å². The predicted octanol–water partition coefficient (Wildman–Crippen LogP) is 2.46. The average Bonchev–Trinajstić information content (AvgIpc) is 2.64. The van der Waals surface area contributed by atoms with Crippen LogP contribution >= 0.6 is 0 Å². The molecule has 1 aromatic heterocycles. The minimum absolute atomic E-state index is 0.134. The highest BCUT2D eigenvalue weighted by molar-refractivity contribution is 5.99. The SMILES string of the molecule is Cc1cccc(C)c1C(=O)Cc1nccn1C. The van der Waals surface area contributed by atoms with Crippen LogP contribution in [0.25, 0.3) is 0 Å². The van der Waals surface area contributed by atoms with Gasteiger partial charge in [0.1, 0.15) is 5.82 Å². The van der Waals surface area contributed by atoms with E-state index in [2.05, 4.69) is 4.98 Å². The van der Waals surface area contributed by atoms with Crippen LogP contribution in [0.4, 0.5) is 0 Å². The van der Waals surface area contributed by atoms with Crippen molar-refractivity contribution in [3.63, 3.8) is 0 Å². The smallest absolute Gasteiger partial charge is 0.170 e. The van der Waals surface area contributed by atoms with Crippen molar-refractivity contribution < 1.29 is 4.79 Å². The summed E-state index contributed by atoms with van der Waals surface area (Å²) < 4.78 is 1.88. The highest BCUT2D eigenvalue weighted by Gasteiger charge is 2.14. The summed E-state index contributed by atoms with van der Waals surface area (Å²) in [5.41, 5.74) is 2.89. The molecule has 0 N–H and O–H groups in total. The highest BCUT2D eigenvalue weighted by Crippen LogP contribution is 2.15. The standard InChI is InChI=1S/C14H16N2O/c1-10-5-4-6-11(2)14(10)12(17)9-13-15-7-8-16(13)3/h4-8H,9H2,1-3H3. The lowest BCUT2D eigenvalue weighted by Crippen LogP contribution is -2.11. The minimum Gasteiger partial charge on any atom is -0.338 e. The second kappa shape index (κ2) is 4.53. The van der Waals surface area contributed by atoms with Crippen LogP contribution in [-0.2, 0) is 13.5 Å². The number of Topliss-reactive ketones (excluding diaryl/α,β-unsaturated/α-hetero) is 1. The molecule has 0 radical (unpaired) electrons. The summed E-state index contributed by atoms with van der Waals surface area (Å²) in [7, 11) is 1.90. The Hall–Kier alpha value is -1.90. The lowest BCUT2D eigenvalue weighted by molar-refractivity contribution is 0.0989. The number of hydrogen-bond donors (Lipinski definition) is 0. The zero-order valence-electron chi connectivity index (χ0n) is 10.4. The number of aryl methyl sites for hydroxylation is 3. The summed E-state index contributed by atoms with van der Waals surface area (Å²) in [5.74, 6) is 0.938. The number of aromatic nitrogens is 2. The molecule has 0 aliphatic heterocycles. The van der Waals surface area contributed by atoms with Gasteiger partial charge >= 0.3 is 0 Å². The van der Waals surface area contributed by atoms with E-state index in [9.17, 15) is 4.79 Å². The maximum absolute atomic E-state index is 12.3. The Morgan fingerprint density at radius 1 is 1.29 bits per heavy atom. The van der Waals surface area contributed by atoms with Gasteiger partial charge in [0.05, 0.1) is 6.42 Å². The first-order valence-corrected chi connectivity index (χ1v) is 5.65. The van der Waals surface area contributed by atoms with Gasteiger partial charge in [-0.15, -0.1) is 0 Å². The molecule has 2 rings (SSSR count). The van der Waals surface area contributed by atoms with Crippen LogP contribution in [0.1, 0.15) is 27.3 Å². The largest absolute Gasteiger partial charge is 0.338 e. The molecule has 0 unspecified atom stereocenters. The lowest BCUT2D eigenvalue weighted by atomic mass is 9.97. The van der Waals surface area contributed by atoms with E-state index in [1.165, 1.54) is 0 Å². The van der Waals surface area contributed by atoms with Gasteiger partial charge < -0.3 is 4.57 Å². The fourth-order valence-corrected chi connectivity index (χ4v) is 2.05.